The second kappa shape index (κ2) is 15.6. The molecule has 2 aromatic heterocycles. The van der Waals surface area contributed by atoms with E-state index >= 15 is 0 Å². The molecule has 0 saturated carbocycles. The van der Waals surface area contributed by atoms with Crippen molar-refractivity contribution in [1.82, 2.24) is 9.13 Å². The lowest BCUT2D eigenvalue weighted by Gasteiger charge is -2.11. The van der Waals surface area contributed by atoms with Crippen LogP contribution >= 0.6 is 0 Å². The van der Waals surface area contributed by atoms with E-state index in [1.807, 2.05) is 0 Å². The third kappa shape index (κ3) is 6.54. The van der Waals surface area contributed by atoms with Crippen molar-refractivity contribution in [2.24, 2.45) is 0 Å². The molecule has 0 aliphatic rings. The molecule has 0 amide bonds. The highest BCUT2D eigenvalue weighted by atomic mass is 15.0. The van der Waals surface area contributed by atoms with Gasteiger partial charge in [-0.2, -0.15) is 0 Å². The molecule has 0 radical (unpaired) electrons. The second-order valence-electron chi connectivity index (χ2n) is 16.1. The van der Waals surface area contributed by atoms with Gasteiger partial charge in [-0.05, 0) is 142 Å². The van der Waals surface area contributed by atoms with Crippen LogP contribution in [0.3, 0.4) is 0 Å². The molecular formula is C60H44N2. The Labute approximate surface area is 362 Å². The largest absolute Gasteiger partial charge is 0.309 e. The van der Waals surface area contributed by atoms with Crippen molar-refractivity contribution in [3.63, 3.8) is 0 Å². The maximum Gasteiger partial charge on any atom is 0.0541 e. The van der Waals surface area contributed by atoms with Gasteiger partial charge in [0.2, 0.25) is 0 Å². The lowest BCUT2D eigenvalue weighted by Crippen LogP contribution is -1.94. The average molecular weight is 793 g/mol. The van der Waals surface area contributed by atoms with Crippen LogP contribution in [-0.4, -0.2) is 9.13 Å². The highest BCUT2D eigenvalue weighted by Gasteiger charge is 2.16. The van der Waals surface area contributed by atoms with Gasteiger partial charge in [0.25, 0.3) is 0 Å². The van der Waals surface area contributed by atoms with Crippen LogP contribution in [0.2, 0.25) is 0 Å². The SMILES string of the molecule is C/C=C/c1cccc(-c2cccc(-n3c4ccccc4c4cc(-c5ccc(-c6ccc7c(c6)c6ccccc6n7-c6cccc(-c7cccc(/C=C/C)c7)c6)cc5)ccc43)c2)c1. The van der Waals surface area contributed by atoms with Gasteiger partial charge < -0.3 is 9.13 Å². The van der Waals surface area contributed by atoms with Gasteiger partial charge in [-0.25, -0.2) is 0 Å². The number of para-hydroxylation sites is 2. The Bertz CT molecular complexity index is 3300. The summed E-state index contributed by atoms with van der Waals surface area (Å²) in [6.45, 7) is 4.12. The quantitative estimate of drug-likeness (QED) is 0.145. The van der Waals surface area contributed by atoms with Crippen molar-refractivity contribution < 1.29 is 0 Å². The van der Waals surface area contributed by atoms with E-state index in [1.165, 1.54) is 99.2 Å². The van der Waals surface area contributed by atoms with Crippen LogP contribution in [0, 0.1) is 0 Å². The van der Waals surface area contributed by atoms with E-state index < -0.39 is 0 Å². The summed E-state index contributed by atoms with van der Waals surface area (Å²) >= 11 is 0. The Balaban J connectivity index is 0.937. The highest BCUT2D eigenvalue weighted by molar-refractivity contribution is 6.12. The van der Waals surface area contributed by atoms with Crippen molar-refractivity contribution in [1.29, 1.82) is 0 Å². The van der Waals surface area contributed by atoms with E-state index in [1.54, 1.807) is 0 Å². The van der Waals surface area contributed by atoms with Gasteiger partial charge in [0.15, 0.2) is 0 Å². The zero-order valence-electron chi connectivity index (χ0n) is 34.8. The van der Waals surface area contributed by atoms with Gasteiger partial charge in [-0.1, -0.05) is 158 Å². The third-order valence-electron chi connectivity index (χ3n) is 12.3. The molecule has 0 aliphatic carbocycles. The zero-order valence-corrected chi connectivity index (χ0v) is 34.8. The molecule has 0 bridgehead atoms. The molecule has 62 heavy (non-hydrogen) atoms. The van der Waals surface area contributed by atoms with Crippen molar-refractivity contribution >= 4 is 55.8 Å². The van der Waals surface area contributed by atoms with E-state index in [2.05, 4.69) is 254 Å². The Morgan fingerprint density at radius 1 is 0.274 bits per heavy atom. The first-order valence-electron chi connectivity index (χ1n) is 21.5. The van der Waals surface area contributed by atoms with E-state index in [-0.39, 0.29) is 0 Å². The molecule has 11 aromatic rings. The molecule has 2 heterocycles. The van der Waals surface area contributed by atoms with Crippen LogP contribution < -0.4 is 0 Å². The Hall–Kier alpha value is -7.94. The number of fused-ring (bicyclic) bond motifs is 6. The maximum absolute atomic E-state index is 2.41. The summed E-state index contributed by atoms with van der Waals surface area (Å²) in [5, 5.41) is 4.99. The van der Waals surface area contributed by atoms with Gasteiger partial charge in [0.05, 0.1) is 22.1 Å². The topological polar surface area (TPSA) is 9.86 Å². The van der Waals surface area contributed by atoms with E-state index in [4.69, 9.17) is 0 Å². The monoisotopic (exact) mass is 792 g/mol. The molecule has 0 saturated heterocycles. The summed E-state index contributed by atoms with van der Waals surface area (Å²) in [6, 6.07) is 75.8. The summed E-state index contributed by atoms with van der Waals surface area (Å²) in [6.07, 6.45) is 8.48. The molecule has 0 atom stereocenters. The van der Waals surface area contributed by atoms with Gasteiger partial charge in [0, 0.05) is 32.9 Å². The average Bonchev–Trinajstić information content (AvgIpc) is 3.84. The fourth-order valence-electron chi connectivity index (χ4n) is 9.39. The molecule has 0 spiro atoms. The minimum Gasteiger partial charge on any atom is -0.309 e. The molecule has 294 valence electrons. The first-order valence-corrected chi connectivity index (χ1v) is 21.5. The van der Waals surface area contributed by atoms with Crippen LogP contribution in [0.5, 0.6) is 0 Å². The molecule has 2 heteroatoms. The number of allylic oxidation sites excluding steroid dienone is 2. The highest BCUT2D eigenvalue weighted by Crippen LogP contribution is 2.39. The lowest BCUT2D eigenvalue weighted by atomic mass is 9.98. The van der Waals surface area contributed by atoms with Crippen LogP contribution in [0.25, 0.3) is 112 Å². The van der Waals surface area contributed by atoms with E-state index in [0.29, 0.717) is 0 Å². The van der Waals surface area contributed by atoms with Crippen LogP contribution in [0.1, 0.15) is 25.0 Å². The van der Waals surface area contributed by atoms with Gasteiger partial charge in [-0.3, -0.25) is 0 Å². The number of hydrogen-bond acceptors (Lipinski definition) is 0. The fraction of sp³-hybridized carbons (Fsp3) is 0.0333. The number of nitrogens with zero attached hydrogens (tertiary/aromatic N) is 2. The van der Waals surface area contributed by atoms with Gasteiger partial charge in [0.1, 0.15) is 0 Å². The summed E-state index contributed by atoms with van der Waals surface area (Å²) in [7, 11) is 0. The van der Waals surface area contributed by atoms with Crippen LogP contribution in [0.15, 0.2) is 218 Å². The fourth-order valence-corrected chi connectivity index (χ4v) is 9.39. The lowest BCUT2D eigenvalue weighted by molar-refractivity contribution is 1.18. The first-order chi connectivity index (χ1) is 30.6. The summed E-state index contributed by atoms with van der Waals surface area (Å²) < 4.78 is 4.82. The Morgan fingerprint density at radius 2 is 0.629 bits per heavy atom. The normalized spacial score (nSPS) is 11.9. The molecule has 0 aliphatic heterocycles. The van der Waals surface area contributed by atoms with Crippen molar-refractivity contribution in [2.75, 3.05) is 0 Å². The van der Waals surface area contributed by atoms with Crippen molar-refractivity contribution in [3.8, 4) is 55.9 Å². The Kier molecular flexibility index (Phi) is 9.32. The smallest absolute Gasteiger partial charge is 0.0541 e. The number of aromatic nitrogens is 2. The molecule has 0 N–H and O–H groups in total. The maximum atomic E-state index is 2.41. The molecule has 0 unspecified atom stereocenters. The molecule has 11 rings (SSSR count). The van der Waals surface area contributed by atoms with E-state index in [9.17, 15) is 0 Å². The van der Waals surface area contributed by atoms with Crippen LogP contribution in [0.4, 0.5) is 0 Å². The molecule has 2 nitrogen and oxygen atoms in total. The third-order valence-corrected chi connectivity index (χ3v) is 12.3. The molecule has 9 aromatic carbocycles. The zero-order chi connectivity index (χ0) is 41.6. The minimum atomic E-state index is 1.15. The summed E-state index contributed by atoms with van der Waals surface area (Å²) in [5.74, 6) is 0. The standard InChI is InChI=1S/C60H44N2/c1-3-13-41-15-9-17-45(35-41)47-19-11-21-51(37-47)61-57-25-7-5-23-53(57)55-39-49(31-33-59(55)61)43-27-29-44(30-28-43)50-32-34-60-56(40-50)54-24-6-8-26-58(54)62(60)52-22-12-20-48(38-52)46-18-10-16-42(36-46)14-4-2/h3-40H,1-2H3/b13-3+,14-4+. The minimum absolute atomic E-state index is 1.15. The number of benzene rings is 9. The molecular weight excluding hydrogens is 749 g/mol. The second-order valence-corrected chi connectivity index (χ2v) is 16.1. The summed E-state index contributed by atoms with van der Waals surface area (Å²) in [4.78, 5) is 0. The van der Waals surface area contributed by atoms with Gasteiger partial charge in [-0.15, -0.1) is 0 Å². The number of hydrogen-bond donors (Lipinski definition) is 0. The first kappa shape index (κ1) is 37.1. The Morgan fingerprint density at radius 3 is 1.06 bits per heavy atom. The van der Waals surface area contributed by atoms with E-state index in [0.717, 1.165) is 11.4 Å². The van der Waals surface area contributed by atoms with Crippen LogP contribution in [-0.2, 0) is 0 Å². The van der Waals surface area contributed by atoms with Crippen molar-refractivity contribution in [2.45, 2.75) is 13.8 Å². The number of rotatable bonds is 8. The van der Waals surface area contributed by atoms with Gasteiger partial charge >= 0.3 is 0 Å². The predicted molar refractivity (Wildman–Crippen MR) is 266 cm³/mol. The predicted octanol–water partition coefficient (Wildman–Crippen LogP) is 16.6. The molecule has 0 fully saturated rings. The van der Waals surface area contributed by atoms with Crippen molar-refractivity contribution in [3.05, 3.63) is 230 Å². The summed E-state index contributed by atoms with van der Waals surface area (Å²) in [5.41, 5.74) is 19.2.